The van der Waals surface area contributed by atoms with Crippen LogP contribution in [-0.2, 0) is 5.88 Å². The second-order valence-electron chi connectivity index (χ2n) is 2.76. The standard InChI is InChI=1S/C9H5Cl2IN2O/c10-4-8-13-14-9(15-8)5-1-2-7(12)6(11)3-5/h1-3H,4H2. The Labute approximate surface area is 110 Å². The predicted octanol–water partition coefficient (Wildman–Crippen LogP) is 3.73. The molecular formula is C9H5Cl2IN2O. The molecule has 0 spiro atoms. The van der Waals surface area contributed by atoms with Crippen molar-refractivity contribution in [3.05, 3.63) is 32.7 Å². The number of aromatic nitrogens is 2. The molecule has 0 aliphatic heterocycles. The summed E-state index contributed by atoms with van der Waals surface area (Å²) >= 11 is 13.7. The van der Waals surface area contributed by atoms with Gasteiger partial charge in [0.25, 0.3) is 0 Å². The zero-order valence-electron chi connectivity index (χ0n) is 7.38. The third-order valence-corrected chi connectivity index (χ3v) is 3.55. The van der Waals surface area contributed by atoms with Gasteiger partial charge in [0.15, 0.2) is 0 Å². The first-order valence-electron chi connectivity index (χ1n) is 4.04. The molecule has 0 bridgehead atoms. The molecule has 0 aliphatic rings. The fraction of sp³-hybridized carbons (Fsp3) is 0.111. The smallest absolute Gasteiger partial charge is 0.247 e. The molecule has 0 radical (unpaired) electrons. The molecule has 2 aromatic rings. The van der Waals surface area contributed by atoms with Gasteiger partial charge in [-0.15, -0.1) is 21.8 Å². The fourth-order valence-corrected chi connectivity index (χ4v) is 1.68. The van der Waals surface area contributed by atoms with E-state index >= 15 is 0 Å². The molecule has 1 aromatic carbocycles. The summed E-state index contributed by atoms with van der Waals surface area (Å²) in [5.74, 6) is 1.05. The summed E-state index contributed by atoms with van der Waals surface area (Å²) in [6, 6.07) is 5.55. The predicted molar refractivity (Wildman–Crippen MR) is 67.0 cm³/mol. The topological polar surface area (TPSA) is 38.9 Å². The summed E-state index contributed by atoms with van der Waals surface area (Å²) in [6.45, 7) is 0. The van der Waals surface area contributed by atoms with Crippen LogP contribution in [0.4, 0.5) is 0 Å². The third-order valence-electron chi connectivity index (χ3n) is 1.75. The number of rotatable bonds is 2. The largest absolute Gasteiger partial charge is 0.419 e. The lowest BCUT2D eigenvalue weighted by Gasteiger charge is -1.97. The van der Waals surface area contributed by atoms with E-state index in [-0.39, 0.29) is 5.88 Å². The van der Waals surface area contributed by atoms with Gasteiger partial charge in [0.05, 0.1) is 5.02 Å². The highest BCUT2D eigenvalue weighted by Gasteiger charge is 2.08. The highest BCUT2D eigenvalue weighted by atomic mass is 127. The van der Waals surface area contributed by atoms with E-state index in [9.17, 15) is 0 Å². The lowest BCUT2D eigenvalue weighted by molar-refractivity contribution is 0.527. The van der Waals surface area contributed by atoms with Crippen molar-refractivity contribution < 1.29 is 4.42 Å². The highest BCUT2D eigenvalue weighted by Crippen LogP contribution is 2.25. The van der Waals surface area contributed by atoms with E-state index in [4.69, 9.17) is 27.6 Å². The van der Waals surface area contributed by atoms with E-state index < -0.39 is 0 Å². The Balaban J connectivity index is 2.40. The van der Waals surface area contributed by atoms with Crippen LogP contribution >= 0.6 is 45.8 Å². The van der Waals surface area contributed by atoms with E-state index in [1.807, 2.05) is 12.1 Å². The van der Waals surface area contributed by atoms with E-state index in [2.05, 4.69) is 32.8 Å². The summed E-state index contributed by atoms with van der Waals surface area (Å²) < 4.78 is 6.28. The molecule has 0 unspecified atom stereocenters. The Hall–Kier alpha value is -0.330. The lowest BCUT2D eigenvalue weighted by atomic mass is 10.2. The first-order valence-corrected chi connectivity index (χ1v) is 6.03. The van der Waals surface area contributed by atoms with Crippen LogP contribution < -0.4 is 0 Å². The van der Waals surface area contributed by atoms with Crippen LogP contribution in [0.15, 0.2) is 22.6 Å². The van der Waals surface area contributed by atoms with Crippen LogP contribution in [0.25, 0.3) is 11.5 Å². The van der Waals surface area contributed by atoms with Crippen molar-refractivity contribution in [2.75, 3.05) is 0 Å². The minimum atomic E-state index is 0.213. The summed E-state index contributed by atoms with van der Waals surface area (Å²) in [4.78, 5) is 0. The first kappa shape index (κ1) is 11.2. The number of hydrogen-bond donors (Lipinski definition) is 0. The molecule has 3 nitrogen and oxygen atoms in total. The monoisotopic (exact) mass is 354 g/mol. The SMILES string of the molecule is ClCc1nnc(-c2ccc(I)c(Cl)c2)o1. The molecule has 1 heterocycles. The van der Waals surface area contributed by atoms with Gasteiger partial charge < -0.3 is 4.42 Å². The maximum Gasteiger partial charge on any atom is 0.247 e. The highest BCUT2D eigenvalue weighted by molar-refractivity contribution is 14.1. The summed E-state index contributed by atoms with van der Waals surface area (Å²) in [6.07, 6.45) is 0. The van der Waals surface area contributed by atoms with Gasteiger partial charge in [0.2, 0.25) is 11.8 Å². The normalized spacial score (nSPS) is 10.6. The Morgan fingerprint density at radius 1 is 1.33 bits per heavy atom. The van der Waals surface area contributed by atoms with Crippen LogP contribution in [-0.4, -0.2) is 10.2 Å². The molecule has 0 aliphatic carbocycles. The van der Waals surface area contributed by atoms with Crippen molar-refractivity contribution in [2.45, 2.75) is 5.88 Å². The fourth-order valence-electron chi connectivity index (χ4n) is 1.05. The molecule has 2 rings (SSSR count). The molecule has 15 heavy (non-hydrogen) atoms. The lowest BCUT2D eigenvalue weighted by Crippen LogP contribution is -1.80. The molecule has 0 saturated heterocycles. The van der Waals surface area contributed by atoms with Gasteiger partial charge >= 0.3 is 0 Å². The maximum atomic E-state index is 5.98. The number of nitrogens with zero attached hydrogens (tertiary/aromatic N) is 2. The molecule has 0 saturated carbocycles. The zero-order chi connectivity index (χ0) is 10.8. The minimum Gasteiger partial charge on any atom is -0.419 e. The van der Waals surface area contributed by atoms with Crippen molar-refractivity contribution >= 4 is 45.8 Å². The van der Waals surface area contributed by atoms with Crippen molar-refractivity contribution in [3.63, 3.8) is 0 Å². The first-order chi connectivity index (χ1) is 7.20. The van der Waals surface area contributed by atoms with Crippen LogP contribution in [0.5, 0.6) is 0 Å². The number of halogens is 3. The van der Waals surface area contributed by atoms with Crippen LogP contribution in [0, 0.1) is 3.57 Å². The van der Waals surface area contributed by atoms with Gasteiger partial charge in [-0.05, 0) is 40.8 Å². The second-order valence-corrected chi connectivity index (χ2v) is 4.60. The molecule has 0 N–H and O–H groups in total. The van der Waals surface area contributed by atoms with Gasteiger partial charge in [-0.2, -0.15) is 0 Å². The number of benzene rings is 1. The average Bonchev–Trinajstić information content (AvgIpc) is 2.70. The summed E-state index contributed by atoms with van der Waals surface area (Å²) in [5.41, 5.74) is 0.796. The van der Waals surface area contributed by atoms with Crippen molar-refractivity contribution in [1.82, 2.24) is 10.2 Å². The van der Waals surface area contributed by atoms with Crippen molar-refractivity contribution in [1.29, 1.82) is 0 Å². The molecule has 0 atom stereocenters. The van der Waals surface area contributed by atoms with Gasteiger partial charge in [-0.3, -0.25) is 0 Å². The molecule has 78 valence electrons. The number of hydrogen-bond acceptors (Lipinski definition) is 3. The molecule has 1 aromatic heterocycles. The van der Waals surface area contributed by atoms with Crippen molar-refractivity contribution in [3.8, 4) is 11.5 Å². The molecular weight excluding hydrogens is 350 g/mol. The van der Waals surface area contributed by atoms with E-state index in [1.54, 1.807) is 6.07 Å². The Morgan fingerprint density at radius 2 is 2.13 bits per heavy atom. The average molecular weight is 355 g/mol. The zero-order valence-corrected chi connectivity index (χ0v) is 11.0. The van der Waals surface area contributed by atoms with E-state index in [1.165, 1.54) is 0 Å². The Kier molecular flexibility index (Phi) is 3.48. The third kappa shape index (κ3) is 2.43. The van der Waals surface area contributed by atoms with Gasteiger partial charge in [0, 0.05) is 9.13 Å². The quantitative estimate of drug-likeness (QED) is 0.609. The Bertz CT molecular complexity index is 487. The van der Waals surface area contributed by atoms with Gasteiger partial charge in [0.1, 0.15) is 5.88 Å². The molecule has 6 heteroatoms. The summed E-state index contributed by atoms with van der Waals surface area (Å²) in [7, 11) is 0. The van der Waals surface area contributed by atoms with Gasteiger partial charge in [-0.1, -0.05) is 11.6 Å². The van der Waals surface area contributed by atoms with Crippen LogP contribution in [0.3, 0.4) is 0 Å². The molecule has 0 fully saturated rings. The second kappa shape index (κ2) is 4.67. The van der Waals surface area contributed by atoms with Crippen molar-refractivity contribution in [2.24, 2.45) is 0 Å². The van der Waals surface area contributed by atoms with Gasteiger partial charge in [-0.25, -0.2) is 0 Å². The number of alkyl halides is 1. The maximum absolute atomic E-state index is 5.98. The van der Waals surface area contributed by atoms with Crippen LogP contribution in [0.2, 0.25) is 5.02 Å². The minimum absolute atomic E-state index is 0.213. The molecule has 0 amide bonds. The van der Waals surface area contributed by atoms with E-state index in [0.717, 1.165) is 9.13 Å². The summed E-state index contributed by atoms with van der Waals surface area (Å²) in [5, 5.41) is 8.30. The van der Waals surface area contributed by atoms with E-state index in [0.29, 0.717) is 16.8 Å². The van der Waals surface area contributed by atoms with Crippen LogP contribution in [0.1, 0.15) is 5.89 Å². The Morgan fingerprint density at radius 3 is 2.73 bits per heavy atom.